The highest BCUT2D eigenvalue weighted by Gasteiger charge is 2.11. The van der Waals surface area contributed by atoms with Gasteiger partial charge in [0.2, 0.25) is 11.8 Å². The second-order valence-electron chi connectivity index (χ2n) is 6.00. The van der Waals surface area contributed by atoms with Gasteiger partial charge in [-0.25, -0.2) is 15.0 Å². The molecule has 0 aliphatic heterocycles. The van der Waals surface area contributed by atoms with Crippen LogP contribution in [0.2, 0.25) is 5.02 Å². The highest BCUT2D eigenvalue weighted by molar-refractivity contribution is 6.31. The smallest absolute Gasteiger partial charge is 0.216 e. The lowest BCUT2D eigenvalue weighted by Crippen LogP contribution is -1.99. The van der Waals surface area contributed by atoms with E-state index in [0.717, 1.165) is 22.2 Å². The van der Waals surface area contributed by atoms with Crippen molar-refractivity contribution in [2.45, 2.75) is 6.42 Å². The number of H-pyrrole nitrogens is 1. The molecule has 0 aliphatic carbocycles. The maximum atomic E-state index is 14.5. The van der Waals surface area contributed by atoms with Gasteiger partial charge in [0, 0.05) is 48.4 Å². The van der Waals surface area contributed by atoms with Crippen molar-refractivity contribution in [3.63, 3.8) is 0 Å². The number of ether oxygens (including phenoxy) is 1. The molecule has 135 valence electrons. The number of pyridine rings is 3. The molecule has 4 aromatic heterocycles. The summed E-state index contributed by atoms with van der Waals surface area (Å²) >= 11 is 6.02. The summed E-state index contributed by atoms with van der Waals surface area (Å²) in [5, 5.41) is 1.42. The number of fused-ring (bicyclic) bond motifs is 1. The maximum absolute atomic E-state index is 14.5. The minimum Gasteiger partial charge on any atom is -0.481 e. The van der Waals surface area contributed by atoms with E-state index in [-0.39, 0.29) is 0 Å². The van der Waals surface area contributed by atoms with Crippen LogP contribution in [-0.4, -0.2) is 27.0 Å². The van der Waals surface area contributed by atoms with Gasteiger partial charge in [-0.2, -0.15) is 4.39 Å². The molecule has 0 aliphatic rings. The summed E-state index contributed by atoms with van der Waals surface area (Å²) in [7, 11) is 1.55. The third-order valence-electron chi connectivity index (χ3n) is 4.19. The van der Waals surface area contributed by atoms with E-state index < -0.39 is 5.95 Å². The van der Waals surface area contributed by atoms with Crippen LogP contribution in [0.25, 0.3) is 11.0 Å². The molecule has 0 atom stereocenters. The number of aromatic nitrogens is 4. The Hall–Kier alpha value is -2.99. The summed E-state index contributed by atoms with van der Waals surface area (Å²) in [5.41, 5.74) is 3.47. The largest absolute Gasteiger partial charge is 0.481 e. The van der Waals surface area contributed by atoms with Crippen molar-refractivity contribution in [2.24, 2.45) is 0 Å². The number of aromatic amines is 1. The zero-order chi connectivity index (χ0) is 18.8. The van der Waals surface area contributed by atoms with Gasteiger partial charge in [0.1, 0.15) is 5.65 Å². The molecular weight excluding hydrogens is 367 g/mol. The summed E-state index contributed by atoms with van der Waals surface area (Å²) in [4.78, 5) is 15.5. The third kappa shape index (κ3) is 3.75. The molecule has 0 bridgehead atoms. The van der Waals surface area contributed by atoms with Crippen LogP contribution in [0.5, 0.6) is 5.88 Å². The van der Waals surface area contributed by atoms with Crippen LogP contribution >= 0.6 is 11.6 Å². The van der Waals surface area contributed by atoms with E-state index in [9.17, 15) is 4.39 Å². The fourth-order valence-corrected chi connectivity index (χ4v) is 3.00. The molecule has 0 fully saturated rings. The van der Waals surface area contributed by atoms with Gasteiger partial charge in [-0.15, -0.1) is 0 Å². The minimum atomic E-state index is -0.505. The van der Waals surface area contributed by atoms with Crippen molar-refractivity contribution in [3.8, 4) is 5.88 Å². The quantitative estimate of drug-likeness (QED) is 0.522. The van der Waals surface area contributed by atoms with Gasteiger partial charge in [0.25, 0.3) is 0 Å². The Labute approximate surface area is 160 Å². The molecule has 4 rings (SSSR count). The molecule has 4 aromatic rings. The zero-order valence-electron chi connectivity index (χ0n) is 14.4. The average Bonchev–Trinajstić information content (AvgIpc) is 3.06. The first-order valence-electron chi connectivity index (χ1n) is 8.24. The number of nitrogens with one attached hydrogen (secondary N) is 1. The SMILES string of the molecule is COc1ccc([CH]c2ccc(Cc3c[nH]c4ncc(Cl)cc34)c(F)n2)cn1. The Morgan fingerprint density at radius 1 is 1.15 bits per heavy atom. The molecule has 5 nitrogen and oxygen atoms in total. The Morgan fingerprint density at radius 2 is 2.04 bits per heavy atom. The lowest BCUT2D eigenvalue weighted by molar-refractivity contribution is 0.398. The second kappa shape index (κ2) is 7.32. The Morgan fingerprint density at radius 3 is 2.78 bits per heavy atom. The van der Waals surface area contributed by atoms with Gasteiger partial charge in [-0.1, -0.05) is 23.7 Å². The molecule has 7 heteroatoms. The van der Waals surface area contributed by atoms with Gasteiger partial charge in [0.05, 0.1) is 17.8 Å². The first-order valence-corrected chi connectivity index (χ1v) is 8.62. The first kappa shape index (κ1) is 17.4. The van der Waals surface area contributed by atoms with Crippen molar-refractivity contribution < 1.29 is 9.13 Å². The van der Waals surface area contributed by atoms with Crippen LogP contribution in [0.4, 0.5) is 4.39 Å². The zero-order valence-corrected chi connectivity index (χ0v) is 15.2. The molecule has 4 heterocycles. The van der Waals surface area contributed by atoms with Crippen molar-refractivity contribution in [3.05, 3.63) is 88.7 Å². The van der Waals surface area contributed by atoms with Crippen molar-refractivity contribution in [1.82, 2.24) is 19.9 Å². The van der Waals surface area contributed by atoms with E-state index in [1.54, 1.807) is 44.1 Å². The molecule has 0 saturated carbocycles. The third-order valence-corrected chi connectivity index (χ3v) is 4.40. The van der Waals surface area contributed by atoms with E-state index >= 15 is 0 Å². The fourth-order valence-electron chi connectivity index (χ4n) is 2.84. The Bertz CT molecular complexity index is 1100. The topological polar surface area (TPSA) is 63.7 Å². The lowest BCUT2D eigenvalue weighted by atomic mass is 10.1. The van der Waals surface area contributed by atoms with Crippen LogP contribution < -0.4 is 4.74 Å². The number of hydrogen-bond donors (Lipinski definition) is 1. The summed E-state index contributed by atoms with van der Waals surface area (Å²) < 4.78 is 19.6. The number of rotatable bonds is 5. The monoisotopic (exact) mass is 381 g/mol. The van der Waals surface area contributed by atoms with Gasteiger partial charge in [-0.05, 0) is 23.3 Å². The summed E-state index contributed by atoms with van der Waals surface area (Å²) in [5.74, 6) is 0.0181. The molecule has 1 radical (unpaired) electrons. The second-order valence-corrected chi connectivity index (χ2v) is 6.44. The normalized spacial score (nSPS) is 11.1. The Kier molecular flexibility index (Phi) is 4.73. The molecule has 27 heavy (non-hydrogen) atoms. The summed E-state index contributed by atoms with van der Waals surface area (Å²) in [6.45, 7) is 0. The number of hydrogen-bond acceptors (Lipinski definition) is 4. The van der Waals surface area contributed by atoms with E-state index in [0.29, 0.717) is 28.6 Å². The maximum Gasteiger partial charge on any atom is 0.216 e. The van der Waals surface area contributed by atoms with Gasteiger partial charge in [-0.3, -0.25) is 0 Å². The fraction of sp³-hybridized carbons (Fsp3) is 0.100. The Balaban J connectivity index is 1.55. The van der Waals surface area contributed by atoms with Crippen LogP contribution in [0.3, 0.4) is 0 Å². The minimum absolute atomic E-state index is 0.394. The van der Waals surface area contributed by atoms with Gasteiger partial charge in [0.15, 0.2) is 0 Å². The number of halogens is 2. The van der Waals surface area contributed by atoms with E-state index in [2.05, 4.69) is 19.9 Å². The molecule has 1 N–H and O–H groups in total. The van der Waals surface area contributed by atoms with E-state index in [1.165, 1.54) is 0 Å². The van der Waals surface area contributed by atoms with Crippen molar-refractivity contribution in [1.29, 1.82) is 0 Å². The van der Waals surface area contributed by atoms with Crippen LogP contribution in [0.15, 0.2) is 48.9 Å². The molecule has 0 amide bonds. The number of methoxy groups -OCH3 is 1. The van der Waals surface area contributed by atoms with E-state index in [4.69, 9.17) is 16.3 Å². The summed E-state index contributed by atoms with van der Waals surface area (Å²) in [6.07, 6.45) is 7.19. The first-order chi connectivity index (χ1) is 13.1. The highest BCUT2D eigenvalue weighted by Crippen LogP contribution is 2.24. The average molecular weight is 382 g/mol. The van der Waals surface area contributed by atoms with Crippen molar-refractivity contribution >= 4 is 22.6 Å². The van der Waals surface area contributed by atoms with Crippen LogP contribution in [-0.2, 0) is 6.42 Å². The molecular formula is C20H15ClFN4O. The molecule has 0 aromatic carbocycles. The highest BCUT2D eigenvalue weighted by atomic mass is 35.5. The lowest BCUT2D eigenvalue weighted by Gasteiger charge is -2.06. The van der Waals surface area contributed by atoms with Crippen molar-refractivity contribution in [2.75, 3.05) is 7.11 Å². The summed E-state index contributed by atoms with van der Waals surface area (Å²) in [6, 6.07) is 8.92. The standard InChI is InChI=1S/C20H15ClFN4O/c1-27-18-5-2-12(9-23-18)6-16-4-3-13(19(22)26-16)7-14-10-24-20-17(14)8-15(21)11-25-20/h2-6,8-11H,7H2,1H3,(H,24,25). The van der Waals surface area contributed by atoms with E-state index in [1.807, 2.05) is 18.3 Å². The predicted octanol–water partition coefficient (Wildman–Crippen LogP) is 4.35. The van der Waals surface area contributed by atoms with Gasteiger partial charge >= 0.3 is 0 Å². The molecule has 0 saturated heterocycles. The van der Waals surface area contributed by atoms with Crippen LogP contribution in [0.1, 0.15) is 22.4 Å². The van der Waals surface area contributed by atoms with Gasteiger partial charge < -0.3 is 9.72 Å². The van der Waals surface area contributed by atoms with Crippen LogP contribution in [0, 0.1) is 12.4 Å². The molecule has 0 unspecified atom stereocenters. The number of nitrogens with zero attached hydrogens (tertiary/aromatic N) is 3. The molecule has 0 spiro atoms. The predicted molar refractivity (Wildman–Crippen MR) is 101 cm³/mol.